The summed E-state index contributed by atoms with van der Waals surface area (Å²) in [7, 11) is 0. The summed E-state index contributed by atoms with van der Waals surface area (Å²) in [4.78, 5) is 28.8. The Balaban J connectivity index is 1.63. The van der Waals surface area contributed by atoms with E-state index in [0.29, 0.717) is 29.6 Å². The maximum atomic E-state index is 12.4. The number of halogens is 2. The molecule has 10 heteroatoms. The van der Waals surface area contributed by atoms with Crippen LogP contribution in [0.25, 0.3) is 17.5 Å². The van der Waals surface area contributed by atoms with E-state index >= 15 is 0 Å². The number of imidazole rings is 1. The third-order valence-electron chi connectivity index (χ3n) is 4.92. The second kappa shape index (κ2) is 9.35. The van der Waals surface area contributed by atoms with Gasteiger partial charge in [0.15, 0.2) is 0 Å². The number of H-pyrrole nitrogens is 1. The number of rotatable bonds is 8. The highest BCUT2D eigenvalue weighted by molar-refractivity contribution is 5.97. The molecule has 1 aliphatic rings. The van der Waals surface area contributed by atoms with Crippen LogP contribution >= 0.6 is 0 Å². The van der Waals surface area contributed by atoms with Gasteiger partial charge in [0.25, 0.3) is 6.43 Å². The van der Waals surface area contributed by atoms with Crippen LogP contribution in [-0.4, -0.2) is 51.1 Å². The number of amides is 1. The lowest BCUT2D eigenvalue weighted by atomic mass is 9.92. The topological polar surface area (TPSA) is 125 Å². The number of allylic oxidation sites excluding steroid dienone is 1. The minimum atomic E-state index is -2.81. The molecule has 1 saturated heterocycles. The van der Waals surface area contributed by atoms with E-state index in [1.807, 2.05) is 6.07 Å². The SMILES string of the molecule is N=C(/C=C\c1ncc(-c2cc(N3CCC(CCC(N)=O)CC3)ncn2)[nH]1)C(F)F. The molecule has 1 amide bonds. The maximum Gasteiger partial charge on any atom is 0.279 e. The van der Waals surface area contributed by atoms with Gasteiger partial charge >= 0.3 is 0 Å². The van der Waals surface area contributed by atoms with E-state index in [1.165, 1.54) is 12.4 Å². The smallest absolute Gasteiger partial charge is 0.279 e. The molecule has 0 atom stereocenters. The first-order valence-electron chi connectivity index (χ1n) is 9.37. The molecule has 0 radical (unpaired) electrons. The molecule has 3 rings (SSSR count). The molecule has 29 heavy (non-hydrogen) atoms. The molecule has 0 aliphatic carbocycles. The fourth-order valence-corrected chi connectivity index (χ4v) is 3.26. The Morgan fingerprint density at radius 2 is 2.10 bits per heavy atom. The number of piperidine rings is 1. The fourth-order valence-electron chi connectivity index (χ4n) is 3.26. The number of alkyl halides is 2. The van der Waals surface area contributed by atoms with Gasteiger partial charge in [-0.3, -0.25) is 10.2 Å². The van der Waals surface area contributed by atoms with Gasteiger partial charge in [-0.2, -0.15) is 0 Å². The lowest BCUT2D eigenvalue weighted by Crippen LogP contribution is -2.34. The average Bonchev–Trinajstić information content (AvgIpc) is 3.20. The van der Waals surface area contributed by atoms with Crippen molar-refractivity contribution in [2.45, 2.75) is 32.1 Å². The normalized spacial score (nSPS) is 15.3. The van der Waals surface area contributed by atoms with Crippen molar-refractivity contribution < 1.29 is 13.6 Å². The van der Waals surface area contributed by atoms with E-state index in [9.17, 15) is 13.6 Å². The molecule has 0 aromatic carbocycles. The summed E-state index contributed by atoms with van der Waals surface area (Å²) in [5.41, 5.74) is 5.73. The van der Waals surface area contributed by atoms with Gasteiger partial charge in [0.2, 0.25) is 5.91 Å². The van der Waals surface area contributed by atoms with E-state index in [2.05, 4.69) is 24.8 Å². The Bertz CT molecular complexity index is 888. The van der Waals surface area contributed by atoms with Gasteiger partial charge in [-0.1, -0.05) is 0 Å². The van der Waals surface area contributed by atoms with Gasteiger partial charge in [-0.25, -0.2) is 23.7 Å². The number of primary amides is 1. The van der Waals surface area contributed by atoms with E-state index < -0.39 is 12.1 Å². The monoisotopic (exact) mass is 403 g/mol. The zero-order chi connectivity index (χ0) is 20.8. The van der Waals surface area contributed by atoms with Crippen molar-refractivity contribution in [1.29, 1.82) is 5.41 Å². The summed E-state index contributed by atoms with van der Waals surface area (Å²) in [6.07, 6.45) is 5.77. The molecule has 2 aromatic rings. The van der Waals surface area contributed by atoms with Crippen molar-refractivity contribution in [3.8, 4) is 11.4 Å². The number of hydrogen-bond donors (Lipinski definition) is 3. The highest BCUT2D eigenvalue weighted by atomic mass is 19.3. The van der Waals surface area contributed by atoms with Crippen LogP contribution in [0.3, 0.4) is 0 Å². The standard InChI is InChI=1S/C19H23F2N7O/c20-19(21)13(22)2-4-17-24-10-15(27-17)14-9-18(26-11-25-14)28-7-5-12(6-8-28)1-3-16(23)29/h2,4,9-12,19,22H,1,3,5-8H2,(H2,23,29)(H,24,27)/b4-2-,22-13?. The van der Waals surface area contributed by atoms with Crippen LogP contribution in [0.2, 0.25) is 0 Å². The van der Waals surface area contributed by atoms with Crippen LogP contribution in [0.5, 0.6) is 0 Å². The molecule has 1 fully saturated rings. The van der Waals surface area contributed by atoms with Gasteiger partial charge < -0.3 is 15.6 Å². The molecule has 0 saturated carbocycles. The van der Waals surface area contributed by atoms with Gasteiger partial charge in [0.1, 0.15) is 18.0 Å². The van der Waals surface area contributed by atoms with Crippen LogP contribution in [0.1, 0.15) is 31.5 Å². The molecule has 4 N–H and O–H groups in total. The average molecular weight is 403 g/mol. The lowest BCUT2D eigenvalue weighted by Gasteiger charge is -2.32. The fraction of sp³-hybridized carbons (Fsp3) is 0.421. The molecule has 0 spiro atoms. The predicted octanol–water partition coefficient (Wildman–Crippen LogP) is 2.65. The van der Waals surface area contributed by atoms with Gasteiger partial charge in [-0.05, 0) is 37.3 Å². The third kappa shape index (κ3) is 5.66. The summed E-state index contributed by atoms with van der Waals surface area (Å²) in [5, 5.41) is 7.14. The number of carbonyl (C=O) groups is 1. The number of nitrogens with zero attached hydrogens (tertiary/aromatic N) is 4. The third-order valence-corrected chi connectivity index (χ3v) is 4.92. The van der Waals surface area contributed by atoms with Crippen LogP contribution < -0.4 is 10.6 Å². The number of hydrogen-bond acceptors (Lipinski definition) is 6. The van der Waals surface area contributed by atoms with Crippen molar-refractivity contribution >= 4 is 23.5 Å². The highest BCUT2D eigenvalue weighted by Gasteiger charge is 2.21. The molecule has 3 heterocycles. The van der Waals surface area contributed by atoms with E-state index in [1.54, 1.807) is 6.20 Å². The second-order valence-electron chi connectivity index (χ2n) is 6.97. The van der Waals surface area contributed by atoms with Gasteiger partial charge in [0.05, 0.1) is 23.3 Å². The quantitative estimate of drug-likeness (QED) is 0.585. The molecule has 2 aromatic heterocycles. The minimum Gasteiger partial charge on any atom is -0.370 e. The summed E-state index contributed by atoms with van der Waals surface area (Å²) < 4.78 is 24.8. The summed E-state index contributed by atoms with van der Waals surface area (Å²) in [5.74, 6) is 1.40. The zero-order valence-electron chi connectivity index (χ0n) is 15.8. The van der Waals surface area contributed by atoms with Crippen LogP contribution in [-0.2, 0) is 4.79 Å². The molecule has 8 nitrogen and oxygen atoms in total. The van der Waals surface area contributed by atoms with Crippen molar-refractivity contribution in [2.24, 2.45) is 11.7 Å². The number of anilines is 1. The predicted molar refractivity (Wildman–Crippen MR) is 106 cm³/mol. The Morgan fingerprint density at radius 3 is 2.79 bits per heavy atom. The molecule has 0 unspecified atom stereocenters. The Hall–Kier alpha value is -3.17. The Kier molecular flexibility index (Phi) is 6.63. The van der Waals surface area contributed by atoms with E-state index in [-0.39, 0.29) is 5.91 Å². The number of aromatic nitrogens is 4. The first kappa shape index (κ1) is 20.6. The Labute approximate surface area is 166 Å². The first-order valence-corrected chi connectivity index (χ1v) is 9.37. The zero-order valence-corrected chi connectivity index (χ0v) is 15.8. The van der Waals surface area contributed by atoms with Gasteiger partial charge in [-0.15, -0.1) is 0 Å². The van der Waals surface area contributed by atoms with Crippen LogP contribution in [0.15, 0.2) is 24.7 Å². The van der Waals surface area contributed by atoms with Crippen LogP contribution in [0.4, 0.5) is 14.6 Å². The molecule has 0 bridgehead atoms. The van der Waals surface area contributed by atoms with E-state index in [0.717, 1.165) is 44.2 Å². The minimum absolute atomic E-state index is 0.257. The van der Waals surface area contributed by atoms with Crippen molar-refractivity contribution in [1.82, 2.24) is 19.9 Å². The number of nitrogens with one attached hydrogen (secondary N) is 2. The van der Waals surface area contributed by atoms with Crippen molar-refractivity contribution in [3.63, 3.8) is 0 Å². The second-order valence-corrected chi connectivity index (χ2v) is 6.97. The van der Waals surface area contributed by atoms with Crippen molar-refractivity contribution in [3.05, 3.63) is 30.5 Å². The Morgan fingerprint density at radius 1 is 1.34 bits per heavy atom. The number of carbonyl (C=O) groups excluding carboxylic acids is 1. The largest absolute Gasteiger partial charge is 0.370 e. The number of nitrogens with two attached hydrogens (primary N) is 1. The lowest BCUT2D eigenvalue weighted by molar-refractivity contribution is -0.118. The molecular weight excluding hydrogens is 380 g/mol. The molecule has 154 valence electrons. The van der Waals surface area contributed by atoms with E-state index in [4.69, 9.17) is 11.1 Å². The molecular formula is C19H23F2N7O. The highest BCUT2D eigenvalue weighted by Crippen LogP contribution is 2.26. The van der Waals surface area contributed by atoms with Crippen molar-refractivity contribution in [2.75, 3.05) is 18.0 Å². The van der Waals surface area contributed by atoms with Crippen LogP contribution in [0, 0.1) is 11.3 Å². The maximum absolute atomic E-state index is 12.4. The first-order chi connectivity index (χ1) is 13.9. The summed E-state index contributed by atoms with van der Waals surface area (Å²) in [6, 6.07) is 1.85. The summed E-state index contributed by atoms with van der Waals surface area (Å²) >= 11 is 0. The molecule has 1 aliphatic heterocycles. The van der Waals surface area contributed by atoms with Gasteiger partial charge in [0, 0.05) is 25.6 Å². The summed E-state index contributed by atoms with van der Waals surface area (Å²) in [6.45, 7) is 1.68. The number of aromatic amines is 1.